The Hall–Kier alpha value is -1.68. The predicted molar refractivity (Wildman–Crippen MR) is 66.7 cm³/mol. The first-order valence-electron chi connectivity index (χ1n) is 5.09. The number of nitrogens with zero attached hydrogens (tertiary/aromatic N) is 2. The number of aromatic nitrogens is 2. The molecule has 0 aliphatic carbocycles. The molecule has 17 heavy (non-hydrogen) atoms. The van der Waals surface area contributed by atoms with Gasteiger partial charge in [0.05, 0.1) is 10.7 Å². The number of rotatable bonds is 2. The van der Waals surface area contributed by atoms with Crippen LogP contribution in [0.1, 0.15) is 5.82 Å². The van der Waals surface area contributed by atoms with Crippen LogP contribution in [0.2, 0.25) is 5.02 Å². The molecule has 5 heteroatoms. The number of halogens is 2. The molecule has 0 atom stereocenters. The second-order valence-electron chi connectivity index (χ2n) is 3.56. The van der Waals surface area contributed by atoms with E-state index in [1.807, 2.05) is 0 Å². The van der Waals surface area contributed by atoms with Crippen LogP contribution in [0.25, 0.3) is 11.3 Å². The van der Waals surface area contributed by atoms with Crippen molar-refractivity contribution < 1.29 is 4.39 Å². The van der Waals surface area contributed by atoms with Gasteiger partial charge in [0.1, 0.15) is 17.5 Å². The molecule has 0 aliphatic rings. The standard InChI is InChI=1S/C12H11ClFN3/c1-7-16-11(6-12(15-2)17-7)9-4-3-8(14)5-10(9)13/h3-6H,1-2H3,(H,15,16,17). The van der Waals surface area contributed by atoms with Gasteiger partial charge in [-0.05, 0) is 25.1 Å². The molecule has 0 radical (unpaired) electrons. The first-order valence-corrected chi connectivity index (χ1v) is 5.47. The largest absolute Gasteiger partial charge is 0.373 e. The molecule has 3 nitrogen and oxygen atoms in total. The Bertz CT molecular complexity index is 557. The molecule has 0 unspecified atom stereocenters. The molecule has 0 spiro atoms. The van der Waals surface area contributed by atoms with E-state index in [1.54, 1.807) is 26.1 Å². The van der Waals surface area contributed by atoms with Gasteiger partial charge in [-0.2, -0.15) is 0 Å². The first-order chi connectivity index (χ1) is 8.10. The van der Waals surface area contributed by atoms with Gasteiger partial charge in [-0.25, -0.2) is 14.4 Å². The highest BCUT2D eigenvalue weighted by Crippen LogP contribution is 2.28. The van der Waals surface area contributed by atoms with Gasteiger partial charge in [-0.1, -0.05) is 11.6 Å². The average Bonchev–Trinajstić information content (AvgIpc) is 2.28. The molecule has 1 N–H and O–H groups in total. The molecular weight excluding hydrogens is 241 g/mol. The predicted octanol–water partition coefficient (Wildman–Crippen LogP) is 3.29. The lowest BCUT2D eigenvalue weighted by Gasteiger charge is -2.07. The fourth-order valence-corrected chi connectivity index (χ4v) is 1.79. The fraction of sp³-hybridized carbons (Fsp3) is 0.167. The van der Waals surface area contributed by atoms with E-state index in [-0.39, 0.29) is 5.82 Å². The average molecular weight is 252 g/mol. The summed E-state index contributed by atoms with van der Waals surface area (Å²) in [5.41, 5.74) is 1.36. The van der Waals surface area contributed by atoms with Crippen LogP contribution >= 0.6 is 11.6 Å². The topological polar surface area (TPSA) is 37.8 Å². The third kappa shape index (κ3) is 2.53. The van der Waals surface area contributed by atoms with Crippen LogP contribution in [-0.2, 0) is 0 Å². The summed E-state index contributed by atoms with van der Waals surface area (Å²) in [6.07, 6.45) is 0. The molecule has 0 amide bonds. The van der Waals surface area contributed by atoms with Crippen molar-refractivity contribution in [2.24, 2.45) is 0 Å². The quantitative estimate of drug-likeness (QED) is 0.890. The number of benzene rings is 1. The van der Waals surface area contributed by atoms with E-state index < -0.39 is 0 Å². The van der Waals surface area contributed by atoms with Gasteiger partial charge in [0.2, 0.25) is 0 Å². The van der Waals surface area contributed by atoms with Gasteiger partial charge in [0.25, 0.3) is 0 Å². The maximum Gasteiger partial charge on any atom is 0.130 e. The molecule has 88 valence electrons. The van der Waals surface area contributed by atoms with E-state index >= 15 is 0 Å². The summed E-state index contributed by atoms with van der Waals surface area (Å²) >= 11 is 5.99. The summed E-state index contributed by atoms with van der Waals surface area (Å²) in [5.74, 6) is 0.971. The Balaban J connectivity index is 2.55. The van der Waals surface area contributed by atoms with Crippen molar-refractivity contribution in [3.63, 3.8) is 0 Å². The van der Waals surface area contributed by atoms with E-state index in [1.165, 1.54) is 12.1 Å². The number of anilines is 1. The van der Waals surface area contributed by atoms with Gasteiger partial charge in [0.15, 0.2) is 0 Å². The van der Waals surface area contributed by atoms with E-state index in [2.05, 4.69) is 15.3 Å². The van der Waals surface area contributed by atoms with Crippen LogP contribution in [0.5, 0.6) is 0 Å². The van der Waals surface area contributed by atoms with Crippen LogP contribution in [0.4, 0.5) is 10.2 Å². The van der Waals surface area contributed by atoms with Crippen LogP contribution < -0.4 is 5.32 Å². The van der Waals surface area contributed by atoms with E-state index in [9.17, 15) is 4.39 Å². The lowest BCUT2D eigenvalue weighted by atomic mass is 10.1. The Kier molecular flexibility index (Phi) is 3.24. The van der Waals surface area contributed by atoms with Gasteiger partial charge in [-0.3, -0.25) is 0 Å². The number of hydrogen-bond acceptors (Lipinski definition) is 3. The zero-order valence-electron chi connectivity index (χ0n) is 9.46. The smallest absolute Gasteiger partial charge is 0.130 e. The molecule has 2 rings (SSSR count). The van der Waals surface area contributed by atoms with Gasteiger partial charge in [0, 0.05) is 18.7 Å². The number of aryl methyl sites for hydroxylation is 1. The molecule has 0 fully saturated rings. The van der Waals surface area contributed by atoms with Crippen molar-refractivity contribution in [2.45, 2.75) is 6.92 Å². The van der Waals surface area contributed by atoms with Crippen LogP contribution in [-0.4, -0.2) is 17.0 Å². The van der Waals surface area contributed by atoms with Crippen LogP contribution in [0.3, 0.4) is 0 Å². The first kappa shape index (κ1) is 11.8. The van der Waals surface area contributed by atoms with Gasteiger partial charge >= 0.3 is 0 Å². The second-order valence-corrected chi connectivity index (χ2v) is 3.97. The highest BCUT2D eigenvalue weighted by Gasteiger charge is 2.08. The minimum atomic E-state index is -0.363. The Morgan fingerprint density at radius 3 is 2.65 bits per heavy atom. The van der Waals surface area contributed by atoms with Crippen LogP contribution in [0.15, 0.2) is 24.3 Å². The maximum atomic E-state index is 13.0. The van der Waals surface area contributed by atoms with Crippen molar-refractivity contribution in [3.8, 4) is 11.3 Å². The minimum Gasteiger partial charge on any atom is -0.373 e. The lowest BCUT2D eigenvalue weighted by Crippen LogP contribution is -1.98. The Morgan fingerprint density at radius 2 is 2.00 bits per heavy atom. The summed E-state index contributed by atoms with van der Waals surface area (Å²) in [4.78, 5) is 8.47. The monoisotopic (exact) mass is 251 g/mol. The Morgan fingerprint density at radius 1 is 1.24 bits per heavy atom. The molecule has 0 bridgehead atoms. The molecule has 2 aromatic rings. The van der Waals surface area contributed by atoms with Crippen molar-refractivity contribution in [1.29, 1.82) is 0 Å². The summed E-state index contributed by atoms with van der Waals surface area (Å²) in [5, 5.41) is 3.28. The SMILES string of the molecule is CNc1cc(-c2ccc(F)cc2Cl)nc(C)n1. The van der Waals surface area contributed by atoms with Crippen molar-refractivity contribution >= 4 is 17.4 Å². The number of nitrogens with one attached hydrogen (secondary N) is 1. The van der Waals surface area contributed by atoms with Crippen molar-refractivity contribution in [1.82, 2.24) is 9.97 Å². The molecule has 0 saturated heterocycles. The zero-order valence-corrected chi connectivity index (χ0v) is 10.2. The van der Waals surface area contributed by atoms with Gasteiger partial charge < -0.3 is 5.32 Å². The minimum absolute atomic E-state index is 0.338. The molecule has 0 saturated carbocycles. The lowest BCUT2D eigenvalue weighted by molar-refractivity contribution is 0.628. The second kappa shape index (κ2) is 4.67. The van der Waals surface area contributed by atoms with E-state index in [0.717, 1.165) is 0 Å². The summed E-state index contributed by atoms with van der Waals surface area (Å²) < 4.78 is 13.0. The number of hydrogen-bond donors (Lipinski definition) is 1. The zero-order chi connectivity index (χ0) is 12.4. The molecule has 0 aliphatic heterocycles. The third-order valence-corrected chi connectivity index (χ3v) is 2.61. The summed E-state index contributed by atoms with van der Waals surface area (Å²) in [6, 6.07) is 6.01. The van der Waals surface area contributed by atoms with Gasteiger partial charge in [-0.15, -0.1) is 0 Å². The summed E-state index contributed by atoms with van der Waals surface area (Å²) in [7, 11) is 1.78. The third-order valence-electron chi connectivity index (χ3n) is 2.30. The van der Waals surface area contributed by atoms with Crippen molar-refractivity contribution in [3.05, 3.63) is 40.9 Å². The maximum absolute atomic E-state index is 13.0. The van der Waals surface area contributed by atoms with E-state index in [0.29, 0.717) is 27.9 Å². The molecular formula is C12H11ClFN3. The van der Waals surface area contributed by atoms with E-state index in [4.69, 9.17) is 11.6 Å². The molecule has 1 aromatic carbocycles. The Labute approximate surface area is 104 Å². The fourth-order valence-electron chi connectivity index (χ4n) is 1.53. The van der Waals surface area contributed by atoms with Crippen molar-refractivity contribution in [2.75, 3.05) is 12.4 Å². The highest BCUT2D eigenvalue weighted by molar-refractivity contribution is 6.33. The van der Waals surface area contributed by atoms with Crippen LogP contribution in [0, 0.1) is 12.7 Å². The molecule has 1 aromatic heterocycles. The molecule has 1 heterocycles. The normalized spacial score (nSPS) is 10.4. The highest BCUT2D eigenvalue weighted by atomic mass is 35.5. The summed E-state index contributed by atoms with van der Waals surface area (Å²) in [6.45, 7) is 1.79.